The van der Waals surface area contributed by atoms with Crippen molar-refractivity contribution < 1.29 is 0 Å². The first-order valence-corrected chi connectivity index (χ1v) is 5.94. The number of aryl methyl sites for hydroxylation is 1. The molecule has 0 radical (unpaired) electrons. The minimum atomic E-state index is 0. The highest BCUT2D eigenvalue weighted by atomic mass is 35.5. The van der Waals surface area contributed by atoms with Crippen LogP contribution in [0.1, 0.15) is 39.2 Å². The van der Waals surface area contributed by atoms with Gasteiger partial charge in [0.05, 0.1) is 6.20 Å². The molecule has 0 fully saturated rings. The third kappa shape index (κ3) is 6.13. The maximum absolute atomic E-state index is 4.30. The number of hydrogen-bond acceptors (Lipinski definition) is 2. The minimum Gasteiger partial charge on any atom is -0.313 e. The van der Waals surface area contributed by atoms with Gasteiger partial charge in [0.1, 0.15) is 0 Å². The van der Waals surface area contributed by atoms with Crippen LogP contribution in [0.15, 0.2) is 12.4 Å². The summed E-state index contributed by atoms with van der Waals surface area (Å²) in [6.07, 6.45) is 6.47. The van der Waals surface area contributed by atoms with E-state index in [-0.39, 0.29) is 12.4 Å². The highest BCUT2D eigenvalue weighted by Crippen LogP contribution is 2.00. The molecule has 0 saturated heterocycles. The maximum Gasteiger partial charge on any atom is 0.0534 e. The van der Waals surface area contributed by atoms with Gasteiger partial charge in [0.15, 0.2) is 0 Å². The first kappa shape index (κ1) is 15.5. The highest BCUT2D eigenvalue weighted by Gasteiger charge is 1.98. The van der Waals surface area contributed by atoms with Crippen LogP contribution in [0.3, 0.4) is 0 Å². The summed E-state index contributed by atoms with van der Waals surface area (Å²) in [6, 6.07) is 0. The quantitative estimate of drug-likeness (QED) is 0.749. The Labute approximate surface area is 105 Å². The topological polar surface area (TPSA) is 29.9 Å². The van der Waals surface area contributed by atoms with E-state index >= 15 is 0 Å². The monoisotopic (exact) mass is 245 g/mol. The third-order valence-electron chi connectivity index (χ3n) is 2.37. The van der Waals surface area contributed by atoms with Gasteiger partial charge in [-0.2, -0.15) is 5.10 Å². The van der Waals surface area contributed by atoms with Crippen molar-refractivity contribution >= 4 is 12.4 Å². The number of nitrogens with one attached hydrogen (secondary N) is 1. The molecule has 4 heteroatoms. The number of halogens is 1. The van der Waals surface area contributed by atoms with E-state index in [0.29, 0.717) is 0 Å². The molecule has 0 aromatic carbocycles. The molecule has 1 heterocycles. The van der Waals surface area contributed by atoms with Crippen LogP contribution >= 0.6 is 12.4 Å². The van der Waals surface area contributed by atoms with Crippen molar-refractivity contribution in [2.75, 3.05) is 6.54 Å². The first-order valence-electron chi connectivity index (χ1n) is 5.94. The van der Waals surface area contributed by atoms with Crippen LogP contribution in [0.25, 0.3) is 0 Å². The van der Waals surface area contributed by atoms with Crippen LogP contribution in [0.5, 0.6) is 0 Å². The second-order valence-electron chi connectivity index (χ2n) is 4.47. The largest absolute Gasteiger partial charge is 0.313 e. The van der Waals surface area contributed by atoms with E-state index in [1.165, 1.54) is 12.0 Å². The Kier molecular flexibility index (Phi) is 8.30. The summed E-state index contributed by atoms with van der Waals surface area (Å²) in [7, 11) is 0. The number of aromatic nitrogens is 2. The Bertz CT molecular complexity index is 271. The molecule has 0 spiro atoms. The van der Waals surface area contributed by atoms with E-state index in [9.17, 15) is 0 Å². The molecule has 1 aromatic heterocycles. The molecule has 0 aliphatic heterocycles. The van der Waals surface area contributed by atoms with Gasteiger partial charge in [-0.1, -0.05) is 20.8 Å². The van der Waals surface area contributed by atoms with Crippen LogP contribution in [0, 0.1) is 5.92 Å². The van der Waals surface area contributed by atoms with Crippen LogP contribution in [-0.4, -0.2) is 16.3 Å². The fraction of sp³-hybridized carbons (Fsp3) is 0.750. The van der Waals surface area contributed by atoms with Gasteiger partial charge >= 0.3 is 0 Å². The highest BCUT2D eigenvalue weighted by molar-refractivity contribution is 5.85. The molecular weight excluding hydrogens is 222 g/mol. The lowest BCUT2D eigenvalue weighted by Crippen LogP contribution is -2.15. The first-order chi connectivity index (χ1) is 7.22. The predicted octanol–water partition coefficient (Wildman–Crippen LogP) is 2.85. The second kappa shape index (κ2) is 8.59. The fourth-order valence-electron chi connectivity index (χ4n) is 1.47. The van der Waals surface area contributed by atoms with Crippen LogP contribution in [-0.2, 0) is 13.1 Å². The van der Waals surface area contributed by atoms with Crippen molar-refractivity contribution in [1.82, 2.24) is 15.1 Å². The molecule has 0 aliphatic carbocycles. The van der Waals surface area contributed by atoms with Crippen LogP contribution in [0.2, 0.25) is 0 Å². The summed E-state index contributed by atoms with van der Waals surface area (Å²) < 4.78 is 2.01. The molecule has 0 bridgehead atoms. The Morgan fingerprint density at radius 1 is 1.44 bits per heavy atom. The van der Waals surface area contributed by atoms with E-state index in [4.69, 9.17) is 0 Å². The SMILES string of the molecule is CCCn1cc(CNCCC(C)C)cn1.Cl. The number of rotatable bonds is 7. The molecule has 1 N–H and O–H groups in total. The number of nitrogens with zero attached hydrogens (tertiary/aromatic N) is 2. The standard InChI is InChI=1S/C12H23N3.ClH/c1-4-7-15-10-12(9-14-15)8-13-6-5-11(2)3;/h9-11,13H,4-8H2,1-3H3;1H. The lowest BCUT2D eigenvalue weighted by molar-refractivity contribution is 0.537. The summed E-state index contributed by atoms with van der Waals surface area (Å²) in [4.78, 5) is 0. The Morgan fingerprint density at radius 2 is 2.19 bits per heavy atom. The van der Waals surface area contributed by atoms with Gasteiger partial charge < -0.3 is 5.32 Å². The van der Waals surface area contributed by atoms with E-state index in [0.717, 1.165) is 32.0 Å². The Morgan fingerprint density at radius 3 is 2.81 bits per heavy atom. The third-order valence-corrected chi connectivity index (χ3v) is 2.37. The molecule has 0 atom stereocenters. The fourth-order valence-corrected chi connectivity index (χ4v) is 1.47. The van der Waals surface area contributed by atoms with Gasteiger partial charge in [0.25, 0.3) is 0 Å². The van der Waals surface area contributed by atoms with E-state index < -0.39 is 0 Å². The lowest BCUT2D eigenvalue weighted by Gasteiger charge is -2.05. The van der Waals surface area contributed by atoms with Crippen molar-refractivity contribution in [3.8, 4) is 0 Å². The van der Waals surface area contributed by atoms with Gasteiger partial charge in [0, 0.05) is 24.8 Å². The summed E-state index contributed by atoms with van der Waals surface area (Å²) >= 11 is 0. The zero-order valence-electron chi connectivity index (χ0n) is 10.6. The molecule has 16 heavy (non-hydrogen) atoms. The summed E-state index contributed by atoms with van der Waals surface area (Å²) in [5.41, 5.74) is 1.28. The Hall–Kier alpha value is -0.540. The zero-order chi connectivity index (χ0) is 11.1. The van der Waals surface area contributed by atoms with Crippen molar-refractivity contribution in [2.45, 2.75) is 46.7 Å². The molecule has 94 valence electrons. The molecule has 1 rings (SSSR count). The molecule has 0 aliphatic rings. The van der Waals surface area contributed by atoms with Gasteiger partial charge in [0.2, 0.25) is 0 Å². The van der Waals surface area contributed by atoms with E-state index in [2.05, 4.69) is 37.4 Å². The van der Waals surface area contributed by atoms with Gasteiger partial charge in [-0.15, -0.1) is 12.4 Å². The van der Waals surface area contributed by atoms with Crippen molar-refractivity contribution in [3.63, 3.8) is 0 Å². The van der Waals surface area contributed by atoms with Gasteiger partial charge in [-0.05, 0) is 25.3 Å². The molecule has 0 amide bonds. The van der Waals surface area contributed by atoms with E-state index in [1.807, 2.05) is 10.9 Å². The molecule has 1 aromatic rings. The zero-order valence-corrected chi connectivity index (χ0v) is 11.4. The lowest BCUT2D eigenvalue weighted by atomic mass is 10.1. The second-order valence-corrected chi connectivity index (χ2v) is 4.47. The Balaban J connectivity index is 0.00000225. The number of hydrogen-bond donors (Lipinski definition) is 1. The maximum atomic E-state index is 4.30. The van der Waals surface area contributed by atoms with E-state index in [1.54, 1.807) is 0 Å². The van der Waals surface area contributed by atoms with Crippen molar-refractivity contribution in [1.29, 1.82) is 0 Å². The van der Waals surface area contributed by atoms with Crippen molar-refractivity contribution in [2.24, 2.45) is 5.92 Å². The average Bonchev–Trinajstić information content (AvgIpc) is 2.61. The smallest absolute Gasteiger partial charge is 0.0534 e. The van der Waals surface area contributed by atoms with Crippen molar-refractivity contribution in [3.05, 3.63) is 18.0 Å². The average molecular weight is 246 g/mol. The molecule has 0 saturated carbocycles. The summed E-state index contributed by atoms with van der Waals surface area (Å²) in [5.74, 6) is 0.778. The van der Waals surface area contributed by atoms with Gasteiger partial charge in [-0.3, -0.25) is 4.68 Å². The normalized spacial score (nSPS) is 10.5. The summed E-state index contributed by atoms with van der Waals surface area (Å²) in [5, 5.41) is 7.73. The summed E-state index contributed by atoms with van der Waals surface area (Å²) in [6.45, 7) is 9.73. The predicted molar refractivity (Wildman–Crippen MR) is 70.9 cm³/mol. The molecule has 0 unspecified atom stereocenters. The van der Waals surface area contributed by atoms with Crippen LogP contribution < -0.4 is 5.32 Å². The minimum absolute atomic E-state index is 0. The molecule has 3 nitrogen and oxygen atoms in total. The van der Waals surface area contributed by atoms with Crippen LogP contribution in [0.4, 0.5) is 0 Å². The molecular formula is C12H24ClN3. The van der Waals surface area contributed by atoms with Gasteiger partial charge in [-0.25, -0.2) is 0 Å².